The molecule has 0 atom stereocenters. The SMILES string of the molecule is CN(C)CCOCCSC1=CC(=O)c2[nH]nc(C(=O)Nc3ccccc3)c2C1=O. The van der Waals surface area contributed by atoms with Crippen LogP contribution < -0.4 is 5.32 Å². The molecule has 0 radical (unpaired) electrons. The van der Waals surface area contributed by atoms with E-state index in [1.807, 2.05) is 25.1 Å². The van der Waals surface area contributed by atoms with Crippen molar-refractivity contribution in [3.63, 3.8) is 0 Å². The minimum absolute atomic E-state index is 0.0157. The number of H-pyrrole nitrogens is 1. The van der Waals surface area contributed by atoms with E-state index in [0.717, 1.165) is 6.54 Å². The van der Waals surface area contributed by atoms with Gasteiger partial charge in [-0.2, -0.15) is 5.10 Å². The molecule has 29 heavy (non-hydrogen) atoms. The summed E-state index contributed by atoms with van der Waals surface area (Å²) in [6.07, 6.45) is 1.28. The van der Waals surface area contributed by atoms with Gasteiger partial charge in [0.15, 0.2) is 5.69 Å². The van der Waals surface area contributed by atoms with Crippen molar-refractivity contribution in [2.24, 2.45) is 0 Å². The molecule has 0 unspecified atom stereocenters. The van der Waals surface area contributed by atoms with Gasteiger partial charge in [0.1, 0.15) is 5.69 Å². The molecule has 0 aliphatic heterocycles. The van der Waals surface area contributed by atoms with Gasteiger partial charge in [-0.05, 0) is 26.2 Å². The van der Waals surface area contributed by atoms with Crippen molar-refractivity contribution in [1.29, 1.82) is 0 Å². The summed E-state index contributed by atoms with van der Waals surface area (Å²) in [6, 6.07) is 8.83. The number of carbonyl (C=O) groups is 3. The molecule has 0 bridgehead atoms. The largest absolute Gasteiger partial charge is 0.379 e. The molecule has 1 aliphatic rings. The number of Topliss-reactive ketones (excluding diaryl/α,β-unsaturated/α-hetero) is 1. The van der Waals surface area contributed by atoms with Crippen LogP contribution in [0.15, 0.2) is 41.3 Å². The maximum atomic E-state index is 12.9. The topological polar surface area (TPSA) is 104 Å². The van der Waals surface area contributed by atoms with Crippen LogP contribution in [0.1, 0.15) is 31.3 Å². The summed E-state index contributed by atoms with van der Waals surface area (Å²) in [5.74, 6) is -0.781. The third kappa shape index (κ3) is 5.20. The van der Waals surface area contributed by atoms with Crippen LogP contribution in [0.25, 0.3) is 0 Å². The third-order valence-electron chi connectivity index (χ3n) is 4.14. The molecule has 0 saturated carbocycles. The smallest absolute Gasteiger partial charge is 0.276 e. The maximum absolute atomic E-state index is 12.9. The number of rotatable bonds is 9. The average Bonchev–Trinajstić information content (AvgIpc) is 3.15. The first-order chi connectivity index (χ1) is 14.0. The zero-order valence-corrected chi connectivity index (χ0v) is 17.0. The van der Waals surface area contributed by atoms with Crippen LogP contribution in [0.4, 0.5) is 5.69 Å². The number of fused-ring (bicyclic) bond motifs is 1. The number of allylic oxidation sites excluding steroid dienone is 2. The second kappa shape index (κ2) is 9.64. The molecule has 8 nitrogen and oxygen atoms in total. The summed E-state index contributed by atoms with van der Waals surface area (Å²) in [4.78, 5) is 40.1. The van der Waals surface area contributed by atoms with E-state index in [0.29, 0.717) is 24.7 Å². The number of benzene rings is 1. The Labute approximate surface area is 172 Å². The lowest BCUT2D eigenvalue weighted by Gasteiger charge is -2.13. The summed E-state index contributed by atoms with van der Waals surface area (Å²) in [5.41, 5.74) is 0.543. The third-order valence-corrected chi connectivity index (χ3v) is 5.13. The number of aromatic nitrogens is 2. The van der Waals surface area contributed by atoms with Gasteiger partial charge in [-0.3, -0.25) is 19.5 Å². The van der Waals surface area contributed by atoms with Crippen molar-refractivity contribution in [3.05, 3.63) is 58.3 Å². The predicted octanol–water partition coefficient (Wildman–Crippen LogP) is 2.24. The van der Waals surface area contributed by atoms with Crippen molar-refractivity contribution >= 4 is 34.9 Å². The zero-order chi connectivity index (χ0) is 20.8. The number of amides is 1. The second-order valence-corrected chi connectivity index (χ2v) is 7.75. The van der Waals surface area contributed by atoms with E-state index < -0.39 is 5.91 Å². The highest BCUT2D eigenvalue weighted by Crippen LogP contribution is 2.29. The van der Waals surface area contributed by atoms with Gasteiger partial charge < -0.3 is 15.0 Å². The molecular formula is C20H22N4O4S. The van der Waals surface area contributed by atoms with E-state index in [9.17, 15) is 14.4 Å². The van der Waals surface area contributed by atoms with Crippen LogP contribution in [-0.2, 0) is 4.74 Å². The Morgan fingerprint density at radius 3 is 2.69 bits per heavy atom. The van der Waals surface area contributed by atoms with Crippen LogP contribution in [0.3, 0.4) is 0 Å². The fourth-order valence-corrected chi connectivity index (χ4v) is 3.51. The zero-order valence-electron chi connectivity index (χ0n) is 16.2. The number of ketones is 2. The molecule has 1 amide bonds. The average molecular weight is 414 g/mol. The van der Waals surface area contributed by atoms with Gasteiger partial charge in [-0.15, -0.1) is 11.8 Å². The Morgan fingerprint density at radius 1 is 1.21 bits per heavy atom. The highest BCUT2D eigenvalue weighted by atomic mass is 32.2. The summed E-state index contributed by atoms with van der Waals surface area (Å²) in [5, 5.41) is 9.12. The van der Waals surface area contributed by atoms with Crippen LogP contribution in [0, 0.1) is 0 Å². The van der Waals surface area contributed by atoms with Crippen LogP contribution in [-0.4, -0.2) is 72.2 Å². The molecule has 1 aliphatic carbocycles. The van der Waals surface area contributed by atoms with Crippen LogP contribution in [0.5, 0.6) is 0 Å². The normalized spacial score (nSPS) is 13.4. The number of aromatic amines is 1. The first-order valence-corrected chi connectivity index (χ1v) is 10.1. The number of thioether (sulfide) groups is 1. The summed E-state index contributed by atoms with van der Waals surface area (Å²) >= 11 is 1.24. The molecule has 1 aromatic heterocycles. The van der Waals surface area contributed by atoms with Gasteiger partial charge in [0.05, 0.1) is 23.7 Å². The number of nitrogens with zero attached hydrogens (tertiary/aromatic N) is 2. The Hall–Kier alpha value is -2.75. The quantitative estimate of drug-likeness (QED) is 0.606. The Kier molecular flexibility index (Phi) is 6.97. The number of carbonyl (C=O) groups excluding carboxylic acids is 3. The van der Waals surface area contributed by atoms with Crippen molar-refractivity contribution in [3.8, 4) is 0 Å². The molecule has 1 heterocycles. The number of nitrogens with one attached hydrogen (secondary N) is 2. The van der Waals surface area contributed by atoms with E-state index in [-0.39, 0.29) is 33.4 Å². The van der Waals surface area contributed by atoms with Crippen molar-refractivity contribution in [2.75, 3.05) is 44.9 Å². The van der Waals surface area contributed by atoms with Gasteiger partial charge in [0, 0.05) is 24.1 Å². The standard InChI is InChI=1S/C20H22N4O4S/c1-24(2)8-9-28-10-11-29-15-12-14(25)17-16(19(15)26)18(23-22-17)20(27)21-13-6-4-3-5-7-13/h3-7,12H,8-11H2,1-2H3,(H,21,27)(H,22,23). The van der Waals surface area contributed by atoms with Crippen LogP contribution >= 0.6 is 11.8 Å². The number of para-hydroxylation sites is 1. The molecule has 152 valence electrons. The molecule has 9 heteroatoms. The lowest BCUT2D eigenvalue weighted by atomic mass is 9.99. The first-order valence-electron chi connectivity index (χ1n) is 9.08. The van der Waals surface area contributed by atoms with E-state index >= 15 is 0 Å². The summed E-state index contributed by atoms with van der Waals surface area (Å²) < 4.78 is 5.51. The molecule has 0 spiro atoms. The predicted molar refractivity (Wildman–Crippen MR) is 112 cm³/mol. The minimum Gasteiger partial charge on any atom is -0.379 e. The Bertz CT molecular complexity index is 937. The van der Waals surface area contributed by atoms with Crippen molar-refractivity contribution in [1.82, 2.24) is 15.1 Å². The van der Waals surface area contributed by atoms with Gasteiger partial charge in [-0.1, -0.05) is 18.2 Å². The Balaban J connectivity index is 1.66. The molecule has 3 rings (SSSR count). The van der Waals surface area contributed by atoms with Crippen molar-refractivity contribution in [2.45, 2.75) is 0 Å². The van der Waals surface area contributed by atoms with E-state index in [2.05, 4.69) is 15.5 Å². The molecule has 0 fully saturated rings. The summed E-state index contributed by atoms with van der Waals surface area (Å²) in [6.45, 7) is 1.86. The van der Waals surface area contributed by atoms with Gasteiger partial charge in [0.25, 0.3) is 5.91 Å². The van der Waals surface area contributed by atoms with Crippen molar-refractivity contribution < 1.29 is 19.1 Å². The number of hydrogen-bond acceptors (Lipinski definition) is 7. The Morgan fingerprint density at radius 2 is 1.97 bits per heavy atom. The maximum Gasteiger partial charge on any atom is 0.276 e. The number of ether oxygens (including phenoxy) is 1. The molecule has 2 aromatic rings. The fraction of sp³-hybridized carbons (Fsp3) is 0.300. The monoisotopic (exact) mass is 414 g/mol. The minimum atomic E-state index is -0.548. The van der Waals surface area contributed by atoms with E-state index in [4.69, 9.17) is 4.74 Å². The second-order valence-electron chi connectivity index (χ2n) is 6.61. The molecular weight excluding hydrogens is 392 g/mol. The van der Waals surface area contributed by atoms with Gasteiger partial charge in [0.2, 0.25) is 11.6 Å². The lowest BCUT2D eigenvalue weighted by molar-refractivity contribution is 0.0978. The lowest BCUT2D eigenvalue weighted by Crippen LogP contribution is -2.21. The summed E-state index contributed by atoms with van der Waals surface area (Å²) in [7, 11) is 3.92. The highest BCUT2D eigenvalue weighted by molar-refractivity contribution is 8.04. The molecule has 0 saturated heterocycles. The number of hydrogen-bond donors (Lipinski definition) is 2. The highest BCUT2D eigenvalue weighted by Gasteiger charge is 2.33. The first kappa shape index (κ1) is 21.0. The fourth-order valence-electron chi connectivity index (χ4n) is 2.66. The van der Waals surface area contributed by atoms with Crippen LogP contribution in [0.2, 0.25) is 0 Å². The molecule has 2 N–H and O–H groups in total. The number of anilines is 1. The van der Waals surface area contributed by atoms with E-state index in [1.165, 1.54) is 17.8 Å². The van der Waals surface area contributed by atoms with Gasteiger partial charge in [-0.25, -0.2) is 0 Å². The van der Waals surface area contributed by atoms with Gasteiger partial charge >= 0.3 is 0 Å². The number of likely N-dealkylation sites (N-methyl/N-ethyl adjacent to an activating group) is 1. The molecule has 1 aromatic carbocycles. The van der Waals surface area contributed by atoms with E-state index in [1.54, 1.807) is 24.3 Å².